The van der Waals surface area contributed by atoms with Crippen molar-refractivity contribution in [1.29, 1.82) is 0 Å². The van der Waals surface area contributed by atoms with Gasteiger partial charge in [0.1, 0.15) is 0 Å². The summed E-state index contributed by atoms with van der Waals surface area (Å²) in [4.78, 5) is 4.92. The molecule has 1 aromatic heterocycles. The normalized spacial score (nSPS) is 21.5. The maximum atomic E-state index is 4.41. The Kier molecular flexibility index (Phi) is 4.70. The fourth-order valence-corrected chi connectivity index (χ4v) is 2.80. The van der Waals surface area contributed by atoms with Crippen molar-refractivity contribution in [3.8, 4) is 0 Å². The predicted molar refractivity (Wildman–Crippen MR) is 85.4 cm³/mol. The number of aromatic nitrogens is 2. The topological polar surface area (TPSA) is 44.3 Å². The molecule has 1 N–H and O–H groups in total. The molecule has 1 atom stereocenters. The van der Waals surface area contributed by atoms with Crippen LogP contribution in [0.5, 0.6) is 0 Å². The Morgan fingerprint density at radius 3 is 2.52 bits per heavy atom. The van der Waals surface area contributed by atoms with Crippen LogP contribution in [0.4, 0.5) is 5.82 Å². The Bertz CT molecular complexity index is 434. The summed E-state index contributed by atoms with van der Waals surface area (Å²) in [6.07, 6.45) is 3.85. The van der Waals surface area contributed by atoms with Gasteiger partial charge in [0.25, 0.3) is 0 Å². The summed E-state index contributed by atoms with van der Waals surface area (Å²) in [7, 11) is 0. The number of anilines is 1. The van der Waals surface area contributed by atoms with Crippen molar-refractivity contribution in [2.45, 2.75) is 51.7 Å². The van der Waals surface area contributed by atoms with Crippen LogP contribution in [0.25, 0.3) is 0 Å². The largest absolute Gasteiger partial charge is 0.353 e. The molecule has 0 spiro atoms. The van der Waals surface area contributed by atoms with E-state index in [1.807, 2.05) is 0 Å². The van der Waals surface area contributed by atoms with E-state index in [4.69, 9.17) is 0 Å². The first kappa shape index (κ1) is 14.7. The molecule has 2 heterocycles. The first-order valence-corrected chi connectivity index (χ1v) is 8.31. The third-order valence-electron chi connectivity index (χ3n) is 4.71. The monoisotopic (exact) mass is 289 g/mol. The van der Waals surface area contributed by atoms with E-state index in [9.17, 15) is 0 Å². The molecule has 0 radical (unpaired) electrons. The number of rotatable bonds is 6. The Balaban J connectivity index is 1.50. The molecule has 0 aromatic carbocycles. The Hall–Kier alpha value is -1.20. The van der Waals surface area contributed by atoms with Crippen molar-refractivity contribution < 1.29 is 0 Å². The molecule has 0 bridgehead atoms. The first-order valence-electron chi connectivity index (χ1n) is 8.31. The second-order valence-electron chi connectivity index (χ2n) is 6.32. The third-order valence-corrected chi connectivity index (χ3v) is 4.71. The van der Waals surface area contributed by atoms with Crippen LogP contribution < -0.4 is 10.2 Å². The lowest BCUT2D eigenvalue weighted by molar-refractivity contribution is 0.192. The van der Waals surface area contributed by atoms with E-state index in [0.29, 0.717) is 6.04 Å². The molecule has 21 heavy (non-hydrogen) atoms. The zero-order chi connectivity index (χ0) is 14.7. The van der Waals surface area contributed by atoms with Crippen molar-refractivity contribution in [3.63, 3.8) is 0 Å². The summed E-state index contributed by atoms with van der Waals surface area (Å²) in [6.45, 7) is 9.79. The van der Waals surface area contributed by atoms with Gasteiger partial charge < -0.3 is 10.2 Å². The van der Waals surface area contributed by atoms with Crippen LogP contribution in [-0.2, 0) is 6.54 Å². The van der Waals surface area contributed by atoms with E-state index in [0.717, 1.165) is 50.3 Å². The Labute approximate surface area is 127 Å². The van der Waals surface area contributed by atoms with Gasteiger partial charge >= 0.3 is 0 Å². The van der Waals surface area contributed by atoms with Gasteiger partial charge in [-0.15, -0.1) is 5.10 Å². The highest BCUT2D eigenvalue weighted by Gasteiger charge is 2.22. The lowest BCUT2D eigenvalue weighted by Crippen LogP contribution is -2.49. The van der Waals surface area contributed by atoms with Gasteiger partial charge in [-0.2, -0.15) is 5.10 Å². The van der Waals surface area contributed by atoms with Gasteiger partial charge in [-0.05, 0) is 38.3 Å². The highest BCUT2D eigenvalue weighted by Crippen LogP contribution is 2.19. The van der Waals surface area contributed by atoms with E-state index >= 15 is 0 Å². The molecule has 1 aromatic rings. The Morgan fingerprint density at radius 2 is 1.95 bits per heavy atom. The molecule has 1 saturated heterocycles. The summed E-state index contributed by atoms with van der Waals surface area (Å²) in [6, 6.07) is 5.64. The van der Waals surface area contributed by atoms with E-state index in [2.05, 4.69) is 51.3 Å². The van der Waals surface area contributed by atoms with E-state index in [1.165, 1.54) is 19.3 Å². The van der Waals surface area contributed by atoms with Crippen LogP contribution in [0.3, 0.4) is 0 Å². The minimum absolute atomic E-state index is 0.689. The van der Waals surface area contributed by atoms with E-state index in [1.54, 1.807) is 0 Å². The lowest BCUT2D eigenvalue weighted by Gasteiger charge is -2.38. The summed E-state index contributed by atoms with van der Waals surface area (Å²) in [5, 5.41) is 12.2. The molecule has 1 unspecified atom stereocenters. The van der Waals surface area contributed by atoms with Crippen LogP contribution in [0, 0.1) is 0 Å². The maximum Gasteiger partial charge on any atom is 0.151 e. The van der Waals surface area contributed by atoms with Crippen LogP contribution in [0.1, 0.15) is 38.8 Å². The second-order valence-corrected chi connectivity index (χ2v) is 6.32. The van der Waals surface area contributed by atoms with Gasteiger partial charge in [0.05, 0.1) is 5.69 Å². The molecular formula is C16H27N5. The summed E-state index contributed by atoms with van der Waals surface area (Å²) < 4.78 is 0. The fraction of sp³-hybridized carbons (Fsp3) is 0.750. The molecule has 5 nitrogen and oxygen atoms in total. The first-order chi connectivity index (χ1) is 10.3. The number of piperazine rings is 1. The SMILES string of the molecule is CCC(C)N1CCN(c2ccc(CNC3CC3)nn2)CC1. The Morgan fingerprint density at radius 1 is 1.19 bits per heavy atom. The van der Waals surface area contributed by atoms with Gasteiger partial charge in [-0.1, -0.05) is 6.92 Å². The average Bonchev–Trinajstić information content (AvgIpc) is 3.37. The van der Waals surface area contributed by atoms with Crippen molar-refractivity contribution in [2.75, 3.05) is 31.1 Å². The van der Waals surface area contributed by atoms with E-state index < -0.39 is 0 Å². The molecule has 2 aliphatic rings. The minimum Gasteiger partial charge on any atom is -0.353 e. The molecule has 5 heteroatoms. The zero-order valence-electron chi connectivity index (χ0n) is 13.3. The standard InChI is InChI=1S/C16H27N5/c1-3-13(2)20-8-10-21(11-9-20)16-7-6-15(18-19-16)12-17-14-4-5-14/h6-7,13-14,17H,3-5,8-12H2,1-2H3. The highest BCUT2D eigenvalue weighted by molar-refractivity contribution is 5.38. The van der Waals surface area contributed by atoms with Crippen molar-refractivity contribution >= 4 is 5.82 Å². The predicted octanol–water partition coefficient (Wildman–Crippen LogP) is 1.65. The molecule has 1 saturated carbocycles. The summed E-state index contributed by atoms with van der Waals surface area (Å²) in [5.41, 5.74) is 1.05. The molecular weight excluding hydrogens is 262 g/mol. The van der Waals surface area contributed by atoms with Gasteiger partial charge in [0, 0.05) is 44.8 Å². The molecule has 116 valence electrons. The number of nitrogens with one attached hydrogen (secondary N) is 1. The quantitative estimate of drug-likeness (QED) is 0.862. The summed E-state index contributed by atoms with van der Waals surface area (Å²) in [5.74, 6) is 1.02. The number of nitrogens with zero attached hydrogens (tertiary/aromatic N) is 4. The van der Waals surface area contributed by atoms with Crippen molar-refractivity contribution in [1.82, 2.24) is 20.4 Å². The van der Waals surface area contributed by atoms with E-state index in [-0.39, 0.29) is 0 Å². The third kappa shape index (κ3) is 3.92. The lowest BCUT2D eigenvalue weighted by atomic mass is 10.2. The molecule has 2 fully saturated rings. The summed E-state index contributed by atoms with van der Waals surface area (Å²) >= 11 is 0. The van der Waals surface area contributed by atoms with Crippen LogP contribution in [0.2, 0.25) is 0 Å². The minimum atomic E-state index is 0.689. The highest BCUT2D eigenvalue weighted by atomic mass is 15.3. The average molecular weight is 289 g/mol. The fourth-order valence-electron chi connectivity index (χ4n) is 2.80. The van der Waals surface area contributed by atoms with Crippen LogP contribution in [0.15, 0.2) is 12.1 Å². The molecule has 0 amide bonds. The van der Waals surface area contributed by atoms with Gasteiger partial charge in [0.2, 0.25) is 0 Å². The van der Waals surface area contributed by atoms with Crippen molar-refractivity contribution in [3.05, 3.63) is 17.8 Å². The zero-order valence-corrected chi connectivity index (χ0v) is 13.3. The van der Waals surface area contributed by atoms with Gasteiger partial charge in [0.15, 0.2) is 5.82 Å². The van der Waals surface area contributed by atoms with Crippen molar-refractivity contribution in [2.24, 2.45) is 0 Å². The van der Waals surface area contributed by atoms with Gasteiger partial charge in [-0.3, -0.25) is 4.90 Å². The van der Waals surface area contributed by atoms with Gasteiger partial charge in [-0.25, -0.2) is 0 Å². The van der Waals surface area contributed by atoms with Crippen LogP contribution in [-0.4, -0.2) is 53.4 Å². The molecule has 3 rings (SSSR count). The smallest absolute Gasteiger partial charge is 0.151 e. The number of hydrogen-bond donors (Lipinski definition) is 1. The van der Waals surface area contributed by atoms with Crippen LogP contribution >= 0.6 is 0 Å². The second kappa shape index (κ2) is 6.71. The maximum absolute atomic E-state index is 4.41. The number of hydrogen-bond acceptors (Lipinski definition) is 5. The molecule has 1 aliphatic carbocycles. The molecule has 1 aliphatic heterocycles.